The second-order valence-electron chi connectivity index (χ2n) is 7.59. The van der Waals surface area contributed by atoms with Crippen LogP contribution in [0.1, 0.15) is 23.2 Å². The van der Waals surface area contributed by atoms with E-state index < -0.39 is 0 Å². The first-order valence-electron chi connectivity index (χ1n) is 10.2. The molecule has 166 valence electrons. The third-order valence-electron chi connectivity index (χ3n) is 5.73. The number of fused-ring (bicyclic) bond motifs is 1. The van der Waals surface area contributed by atoms with E-state index in [4.69, 9.17) is 9.72 Å². The predicted octanol–water partition coefficient (Wildman–Crippen LogP) is 4.83. The number of nitrogens with zero attached hydrogens (tertiary/aromatic N) is 2. The average Bonchev–Trinajstić information content (AvgIpc) is 2.78. The van der Waals surface area contributed by atoms with Gasteiger partial charge < -0.3 is 15.0 Å². The molecule has 1 N–H and O–H groups in total. The highest BCUT2D eigenvalue weighted by atomic mass is 35.5. The maximum atomic E-state index is 13.4. The van der Waals surface area contributed by atoms with Crippen LogP contribution in [0.5, 0.6) is 5.75 Å². The molecule has 5 nitrogen and oxygen atoms in total. The van der Waals surface area contributed by atoms with Crippen LogP contribution >= 0.6 is 24.8 Å². The SMILES string of the molecule is CNCC1CCN(C(=O)c2cc(-c3ccc(OC)cc3)nc3ccccc23)CC1.Cl.Cl. The van der Waals surface area contributed by atoms with Crippen LogP contribution < -0.4 is 10.1 Å². The molecule has 31 heavy (non-hydrogen) atoms. The van der Waals surface area contributed by atoms with Crippen molar-refractivity contribution < 1.29 is 9.53 Å². The number of halogens is 2. The summed E-state index contributed by atoms with van der Waals surface area (Å²) in [6.45, 7) is 2.63. The summed E-state index contributed by atoms with van der Waals surface area (Å²) in [6.07, 6.45) is 2.09. The highest BCUT2D eigenvalue weighted by Crippen LogP contribution is 2.28. The first kappa shape index (κ1) is 24.9. The maximum Gasteiger partial charge on any atom is 0.254 e. The Morgan fingerprint density at radius 3 is 2.42 bits per heavy atom. The zero-order chi connectivity index (χ0) is 20.2. The minimum atomic E-state index is 0. The smallest absolute Gasteiger partial charge is 0.254 e. The van der Waals surface area contributed by atoms with E-state index in [1.54, 1.807) is 7.11 Å². The molecule has 0 spiro atoms. The second kappa shape index (κ2) is 11.3. The van der Waals surface area contributed by atoms with Crippen molar-refractivity contribution in [1.29, 1.82) is 0 Å². The van der Waals surface area contributed by atoms with Gasteiger partial charge >= 0.3 is 0 Å². The van der Waals surface area contributed by atoms with Crippen LogP contribution in [0.3, 0.4) is 0 Å². The monoisotopic (exact) mass is 461 g/mol. The fraction of sp³-hybridized carbons (Fsp3) is 0.333. The van der Waals surface area contributed by atoms with Crippen molar-refractivity contribution in [2.45, 2.75) is 12.8 Å². The standard InChI is InChI=1S/C24H27N3O2.2ClH/c1-25-16-17-11-13-27(14-12-17)24(28)21-15-23(18-7-9-19(29-2)10-8-18)26-22-6-4-3-5-20(21)22;;/h3-10,15,17,25H,11-14,16H2,1-2H3;2*1H. The Morgan fingerprint density at radius 2 is 1.77 bits per heavy atom. The van der Waals surface area contributed by atoms with Crippen molar-refractivity contribution in [2.24, 2.45) is 5.92 Å². The lowest BCUT2D eigenvalue weighted by atomic mass is 9.95. The summed E-state index contributed by atoms with van der Waals surface area (Å²) in [4.78, 5) is 20.2. The van der Waals surface area contributed by atoms with Gasteiger partial charge in [0.2, 0.25) is 0 Å². The number of piperidine rings is 1. The number of hydrogen-bond donors (Lipinski definition) is 1. The van der Waals surface area contributed by atoms with Crippen LogP contribution in [0.25, 0.3) is 22.2 Å². The number of methoxy groups -OCH3 is 1. The van der Waals surface area contributed by atoms with Gasteiger partial charge in [0, 0.05) is 24.0 Å². The molecule has 2 aromatic carbocycles. The number of hydrogen-bond acceptors (Lipinski definition) is 4. The minimum Gasteiger partial charge on any atom is -0.497 e. The molecule has 0 radical (unpaired) electrons. The number of para-hydroxylation sites is 1. The lowest BCUT2D eigenvalue weighted by Gasteiger charge is -2.32. The molecule has 1 saturated heterocycles. The van der Waals surface area contributed by atoms with Gasteiger partial charge in [-0.1, -0.05) is 18.2 Å². The summed E-state index contributed by atoms with van der Waals surface area (Å²) in [5.41, 5.74) is 3.35. The average molecular weight is 462 g/mol. The Hall–Kier alpha value is -2.34. The van der Waals surface area contributed by atoms with E-state index in [1.807, 2.05) is 66.5 Å². The highest BCUT2D eigenvalue weighted by molar-refractivity contribution is 6.07. The van der Waals surface area contributed by atoms with Gasteiger partial charge in [-0.3, -0.25) is 4.79 Å². The molecule has 7 heteroatoms. The Morgan fingerprint density at radius 1 is 1.10 bits per heavy atom. The molecular formula is C24H29Cl2N3O2. The van der Waals surface area contributed by atoms with Gasteiger partial charge in [-0.2, -0.15) is 0 Å². The van der Waals surface area contributed by atoms with Crippen LogP contribution in [-0.4, -0.2) is 49.6 Å². The molecule has 3 aromatic rings. The van der Waals surface area contributed by atoms with Crippen molar-refractivity contribution in [1.82, 2.24) is 15.2 Å². The van der Waals surface area contributed by atoms with Crippen LogP contribution in [0, 0.1) is 5.92 Å². The van der Waals surface area contributed by atoms with Crippen LogP contribution in [0.4, 0.5) is 0 Å². The summed E-state index contributed by atoms with van der Waals surface area (Å²) >= 11 is 0. The molecular weight excluding hydrogens is 433 g/mol. The molecule has 1 aliphatic heterocycles. The minimum absolute atomic E-state index is 0. The van der Waals surface area contributed by atoms with Gasteiger partial charge in [0.25, 0.3) is 5.91 Å². The predicted molar refractivity (Wildman–Crippen MR) is 131 cm³/mol. The summed E-state index contributed by atoms with van der Waals surface area (Å²) < 4.78 is 5.26. The summed E-state index contributed by atoms with van der Waals surface area (Å²) in [6, 6.07) is 17.6. The molecule has 1 aliphatic rings. The van der Waals surface area contributed by atoms with Crippen molar-refractivity contribution in [3.8, 4) is 17.0 Å². The molecule has 1 amide bonds. The topological polar surface area (TPSA) is 54.5 Å². The van der Waals surface area contributed by atoms with Gasteiger partial charge in [-0.05, 0) is 68.8 Å². The number of amides is 1. The van der Waals surface area contributed by atoms with Crippen molar-refractivity contribution in [3.05, 3.63) is 60.2 Å². The number of benzene rings is 2. The number of aromatic nitrogens is 1. The van der Waals surface area contributed by atoms with E-state index >= 15 is 0 Å². The fourth-order valence-corrected chi connectivity index (χ4v) is 4.06. The number of rotatable bonds is 5. The van der Waals surface area contributed by atoms with E-state index in [0.717, 1.165) is 65.9 Å². The fourth-order valence-electron chi connectivity index (χ4n) is 4.06. The zero-order valence-electron chi connectivity index (χ0n) is 17.8. The van der Waals surface area contributed by atoms with E-state index in [-0.39, 0.29) is 30.7 Å². The van der Waals surface area contributed by atoms with Crippen molar-refractivity contribution >= 4 is 41.6 Å². The number of nitrogens with one attached hydrogen (secondary N) is 1. The number of carbonyl (C=O) groups excluding carboxylic acids is 1. The quantitative estimate of drug-likeness (QED) is 0.591. The van der Waals surface area contributed by atoms with E-state index in [9.17, 15) is 4.79 Å². The third-order valence-corrected chi connectivity index (χ3v) is 5.73. The summed E-state index contributed by atoms with van der Waals surface area (Å²) in [5, 5.41) is 4.16. The normalized spacial score (nSPS) is 13.9. The molecule has 0 atom stereocenters. The second-order valence-corrected chi connectivity index (χ2v) is 7.59. The van der Waals surface area contributed by atoms with Gasteiger partial charge in [-0.25, -0.2) is 4.98 Å². The molecule has 0 bridgehead atoms. The summed E-state index contributed by atoms with van der Waals surface area (Å²) in [7, 11) is 3.64. The molecule has 4 rings (SSSR count). The van der Waals surface area contributed by atoms with E-state index in [1.165, 1.54) is 0 Å². The van der Waals surface area contributed by atoms with Gasteiger partial charge in [0.15, 0.2) is 0 Å². The van der Waals surface area contributed by atoms with Gasteiger partial charge in [0.1, 0.15) is 5.75 Å². The van der Waals surface area contributed by atoms with Crippen molar-refractivity contribution in [2.75, 3.05) is 33.8 Å². The first-order chi connectivity index (χ1) is 14.2. The van der Waals surface area contributed by atoms with E-state index in [2.05, 4.69) is 5.32 Å². The Labute approximate surface area is 196 Å². The largest absolute Gasteiger partial charge is 0.497 e. The number of pyridine rings is 1. The molecule has 0 saturated carbocycles. The molecule has 1 fully saturated rings. The highest BCUT2D eigenvalue weighted by Gasteiger charge is 2.25. The summed E-state index contributed by atoms with van der Waals surface area (Å²) in [5.74, 6) is 1.55. The van der Waals surface area contributed by atoms with Crippen LogP contribution in [0.2, 0.25) is 0 Å². The third kappa shape index (κ3) is 5.48. The Bertz CT molecular complexity index is 1000. The Balaban J connectivity index is 0.00000171. The molecule has 0 unspecified atom stereocenters. The number of carbonyl (C=O) groups is 1. The maximum absolute atomic E-state index is 13.4. The number of likely N-dealkylation sites (tertiary alicyclic amines) is 1. The first-order valence-corrected chi connectivity index (χ1v) is 10.2. The molecule has 1 aromatic heterocycles. The molecule has 2 heterocycles. The van der Waals surface area contributed by atoms with Crippen LogP contribution in [-0.2, 0) is 0 Å². The van der Waals surface area contributed by atoms with Crippen molar-refractivity contribution in [3.63, 3.8) is 0 Å². The molecule has 0 aliphatic carbocycles. The lowest BCUT2D eigenvalue weighted by molar-refractivity contribution is 0.0693. The van der Waals surface area contributed by atoms with Gasteiger partial charge in [0.05, 0.1) is 23.9 Å². The lowest BCUT2D eigenvalue weighted by Crippen LogP contribution is -2.40. The van der Waals surface area contributed by atoms with Crippen LogP contribution in [0.15, 0.2) is 54.6 Å². The zero-order valence-corrected chi connectivity index (χ0v) is 19.5. The van der Waals surface area contributed by atoms with Gasteiger partial charge in [-0.15, -0.1) is 24.8 Å². The Kier molecular flexibility index (Phi) is 9.11. The van der Waals surface area contributed by atoms with E-state index in [0.29, 0.717) is 5.92 Å². The number of ether oxygens (including phenoxy) is 1.